The van der Waals surface area contributed by atoms with Crippen molar-refractivity contribution in [3.8, 4) is 11.3 Å². The maximum absolute atomic E-state index is 6.21. The van der Waals surface area contributed by atoms with E-state index in [1.165, 1.54) is 5.56 Å². The zero-order valence-electron chi connectivity index (χ0n) is 11.5. The summed E-state index contributed by atoms with van der Waals surface area (Å²) in [6.07, 6.45) is 0. The van der Waals surface area contributed by atoms with E-state index in [4.69, 9.17) is 5.73 Å². The first-order valence-corrected chi connectivity index (χ1v) is 6.68. The average Bonchev–Trinajstić information content (AvgIpc) is 2.76. The molecule has 0 atom stereocenters. The van der Waals surface area contributed by atoms with Gasteiger partial charge in [0.15, 0.2) is 0 Å². The van der Waals surface area contributed by atoms with Crippen LogP contribution in [0.2, 0.25) is 0 Å². The fraction of sp³-hybridized carbons (Fsp3) is 0.118. The van der Waals surface area contributed by atoms with Gasteiger partial charge in [-0.15, -0.1) is 0 Å². The molecule has 0 saturated heterocycles. The number of benzene rings is 2. The molecule has 0 aliphatic rings. The van der Waals surface area contributed by atoms with Crippen molar-refractivity contribution in [3.05, 3.63) is 71.9 Å². The van der Waals surface area contributed by atoms with Crippen LogP contribution in [0.25, 0.3) is 11.3 Å². The predicted molar refractivity (Wildman–Crippen MR) is 82.4 cm³/mol. The monoisotopic (exact) mass is 263 g/mol. The van der Waals surface area contributed by atoms with Crippen LogP contribution in [-0.2, 0) is 6.54 Å². The van der Waals surface area contributed by atoms with E-state index in [0.717, 1.165) is 29.2 Å². The third-order valence-electron chi connectivity index (χ3n) is 3.40. The maximum Gasteiger partial charge on any atom is 0.0918 e. The van der Waals surface area contributed by atoms with Crippen LogP contribution in [0, 0.1) is 6.92 Å². The molecule has 3 aromatic rings. The number of nitrogens with zero attached hydrogens (tertiary/aromatic N) is 2. The molecule has 0 aliphatic heterocycles. The highest BCUT2D eigenvalue weighted by Gasteiger charge is 2.14. The van der Waals surface area contributed by atoms with Crippen molar-refractivity contribution in [2.45, 2.75) is 13.5 Å². The van der Waals surface area contributed by atoms with E-state index in [2.05, 4.69) is 29.4 Å². The highest BCUT2D eigenvalue weighted by atomic mass is 15.3. The van der Waals surface area contributed by atoms with Gasteiger partial charge in [0.25, 0.3) is 0 Å². The molecule has 2 aromatic carbocycles. The molecule has 2 N–H and O–H groups in total. The number of anilines is 1. The number of aryl methyl sites for hydroxylation is 1. The van der Waals surface area contributed by atoms with Crippen molar-refractivity contribution in [1.29, 1.82) is 0 Å². The van der Waals surface area contributed by atoms with Gasteiger partial charge in [-0.25, -0.2) is 0 Å². The highest BCUT2D eigenvalue weighted by molar-refractivity contribution is 5.74. The van der Waals surface area contributed by atoms with Crippen LogP contribution < -0.4 is 5.73 Å². The third-order valence-corrected chi connectivity index (χ3v) is 3.40. The van der Waals surface area contributed by atoms with Crippen molar-refractivity contribution in [3.63, 3.8) is 0 Å². The molecule has 100 valence electrons. The van der Waals surface area contributed by atoms with E-state index in [0.29, 0.717) is 0 Å². The fourth-order valence-corrected chi connectivity index (χ4v) is 2.37. The number of rotatable bonds is 3. The average molecular weight is 263 g/mol. The summed E-state index contributed by atoms with van der Waals surface area (Å²) in [5.74, 6) is 0. The van der Waals surface area contributed by atoms with Crippen LogP contribution in [0.1, 0.15) is 11.3 Å². The molecule has 0 radical (unpaired) electrons. The van der Waals surface area contributed by atoms with Gasteiger partial charge in [-0.1, -0.05) is 60.7 Å². The molecule has 0 aliphatic carbocycles. The minimum Gasteiger partial charge on any atom is -0.395 e. The second kappa shape index (κ2) is 5.21. The predicted octanol–water partition coefficient (Wildman–Crippen LogP) is 3.49. The molecular weight excluding hydrogens is 246 g/mol. The van der Waals surface area contributed by atoms with Gasteiger partial charge in [0.2, 0.25) is 0 Å². The number of hydrogen-bond donors (Lipinski definition) is 1. The number of nitrogens with two attached hydrogens (primary N) is 1. The molecule has 3 rings (SSSR count). The molecule has 20 heavy (non-hydrogen) atoms. The summed E-state index contributed by atoms with van der Waals surface area (Å²) in [4.78, 5) is 0. The normalized spacial score (nSPS) is 10.7. The lowest BCUT2D eigenvalue weighted by molar-refractivity contribution is 0.687. The standard InChI is InChI=1S/C17H17N3/c1-13-16(18)17(15-10-6-3-7-11-15)20(19-13)12-14-8-4-2-5-9-14/h2-11H,12,18H2,1H3. The van der Waals surface area contributed by atoms with Gasteiger partial charge in [-0.2, -0.15) is 5.10 Å². The summed E-state index contributed by atoms with van der Waals surface area (Å²) < 4.78 is 1.98. The van der Waals surface area contributed by atoms with Crippen molar-refractivity contribution >= 4 is 5.69 Å². The second-order valence-corrected chi connectivity index (χ2v) is 4.86. The van der Waals surface area contributed by atoms with Gasteiger partial charge >= 0.3 is 0 Å². The van der Waals surface area contributed by atoms with E-state index in [1.807, 2.05) is 48.0 Å². The smallest absolute Gasteiger partial charge is 0.0918 e. The van der Waals surface area contributed by atoms with Crippen LogP contribution in [0.15, 0.2) is 60.7 Å². The highest BCUT2D eigenvalue weighted by Crippen LogP contribution is 2.28. The Balaban J connectivity index is 2.06. The van der Waals surface area contributed by atoms with E-state index >= 15 is 0 Å². The van der Waals surface area contributed by atoms with Crippen LogP contribution in [0.5, 0.6) is 0 Å². The first-order chi connectivity index (χ1) is 9.75. The minimum atomic E-state index is 0.725. The Hall–Kier alpha value is -2.55. The number of aromatic nitrogens is 2. The molecule has 1 aromatic heterocycles. The van der Waals surface area contributed by atoms with E-state index < -0.39 is 0 Å². The van der Waals surface area contributed by atoms with Crippen LogP contribution >= 0.6 is 0 Å². The molecule has 3 heteroatoms. The molecule has 1 heterocycles. The molecule has 0 amide bonds. The van der Waals surface area contributed by atoms with Crippen LogP contribution in [-0.4, -0.2) is 9.78 Å². The summed E-state index contributed by atoms with van der Waals surface area (Å²) >= 11 is 0. The van der Waals surface area contributed by atoms with E-state index in [1.54, 1.807) is 0 Å². The van der Waals surface area contributed by atoms with Crippen molar-refractivity contribution in [2.75, 3.05) is 5.73 Å². The Bertz CT molecular complexity index is 700. The summed E-state index contributed by atoms with van der Waals surface area (Å²) in [7, 11) is 0. The zero-order chi connectivity index (χ0) is 13.9. The maximum atomic E-state index is 6.21. The Morgan fingerprint density at radius 1 is 0.950 bits per heavy atom. The van der Waals surface area contributed by atoms with Gasteiger partial charge < -0.3 is 5.73 Å². The zero-order valence-corrected chi connectivity index (χ0v) is 11.5. The van der Waals surface area contributed by atoms with Crippen molar-refractivity contribution < 1.29 is 0 Å². The quantitative estimate of drug-likeness (QED) is 0.786. The number of hydrogen-bond acceptors (Lipinski definition) is 2. The van der Waals surface area contributed by atoms with Gasteiger partial charge in [0.1, 0.15) is 0 Å². The Kier molecular flexibility index (Phi) is 3.25. The molecule has 0 bridgehead atoms. The molecule has 0 spiro atoms. The minimum absolute atomic E-state index is 0.725. The summed E-state index contributed by atoms with van der Waals surface area (Å²) in [6.45, 7) is 2.67. The lowest BCUT2D eigenvalue weighted by Crippen LogP contribution is -2.04. The molecular formula is C17H17N3. The fourth-order valence-electron chi connectivity index (χ4n) is 2.37. The first-order valence-electron chi connectivity index (χ1n) is 6.68. The summed E-state index contributed by atoms with van der Waals surface area (Å²) in [5, 5.41) is 4.57. The Morgan fingerprint density at radius 2 is 1.55 bits per heavy atom. The molecule has 0 fully saturated rings. The summed E-state index contributed by atoms with van der Waals surface area (Å²) in [6, 6.07) is 20.5. The Morgan fingerprint density at radius 3 is 2.20 bits per heavy atom. The van der Waals surface area contributed by atoms with Gasteiger partial charge in [-0.3, -0.25) is 4.68 Å². The largest absolute Gasteiger partial charge is 0.395 e. The number of nitrogen functional groups attached to an aromatic ring is 1. The van der Waals surface area contributed by atoms with Gasteiger partial charge in [0, 0.05) is 5.56 Å². The van der Waals surface area contributed by atoms with E-state index in [9.17, 15) is 0 Å². The second-order valence-electron chi connectivity index (χ2n) is 4.86. The van der Waals surface area contributed by atoms with Crippen molar-refractivity contribution in [2.24, 2.45) is 0 Å². The third kappa shape index (κ3) is 2.30. The SMILES string of the molecule is Cc1nn(Cc2ccccc2)c(-c2ccccc2)c1N. The molecule has 3 nitrogen and oxygen atoms in total. The lowest BCUT2D eigenvalue weighted by atomic mass is 10.1. The summed E-state index contributed by atoms with van der Waals surface area (Å²) in [5.41, 5.74) is 11.1. The van der Waals surface area contributed by atoms with Crippen LogP contribution in [0.3, 0.4) is 0 Å². The van der Waals surface area contributed by atoms with E-state index in [-0.39, 0.29) is 0 Å². The molecule has 0 saturated carbocycles. The van der Waals surface area contributed by atoms with Crippen LogP contribution in [0.4, 0.5) is 5.69 Å². The van der Waals surface area contributed by atoms with Gasteiger partial charge in [-0.05, 0) is 12.5 Å². The van der Waals surface area contributed by atoms with Gasteiger partial charge in [0.05, 0.1) is 23.6 Å². The van der Waals surface area contributed by atoms with Crippen molar-refractivity contribution in [1.82, 2.24) is 9.78 Å². The molecule has 0 unspecified atom stereocenters. The Labute approximate surface area is 118 Å². The first kappa shape index (κ1) is 12.5. The lowest BCUT2D eigenvalue weighted by Gasteiger charge is -2.08. The topological polar surface area (TPSA) is 43.8 Å².